The molecule has 15 heavy (non-hydrogen) atoms. The van der Waals surface area contributed by atoms with Gasteiger partial charge < -0.3 is 14.9 Å². The van der Waals surface area contributed by atoms with Gasteiger partial charge in [-0.15, -0.1) is 0 Å². The van der Waals surface area contributed by atoms with Crippen molar-refractivity contribution >= 4 is 22.4 Å². The largest absolute Gasteiger partial charge is 0.477 e. The molecule has 2 aromatic heterocycles. The first-order valence-corrected chi connectivity index (χ1v) is 4.75. The maximum Gasteiger partial charge on any atom is 0.347 e. The molecular formula is C7H6N4O3S. The molecule has 0 unspecified atom stereocenters. The number of aromatic carboxylic acids is 1. The van der Waals surface area contributed by atoms with E-state index in [0.717, 1.165) is 11.3 Å². The quantitative estimate of drug-likeness (QED) is 0.796. The second kappa shape index (κ2) is 4.05. The van der Waals surface area contributed by atoms with Crippen molar-refractivity contribution in [2.24, 2.45) is 0 Å². The van der Waals surface area contributed by atoms with Crippen LogP contribution in [0.25, 0.3) is 0 Å². The van der Waals surface area contributed by atoms with E-state index in [2.05, 4.69) is 25.0 Å². The third-order valence-corrected chi connectivity index (χ3v) is 2.46. The predicted octanol–water partition coefficient (Wildman–Crippen LogP) is 0.836. The van der Waals surface area contributed by atoms with Gasteiger partial charge in [-0.05, 0) is 0 Å². The molecule has 0 amide bonds. The maximum atomic E-state index is 10.6. The normalized spacial score (nSPS) is 10.1. The molecule has 0 fully saturated rings. The molecule has 78 valence electrons. The number of carboxylic acid groups (broad SMARTS) is 1. The van der Waals surface area contributed by atoms with Gasteiger partial charge in [-0.2, -0.15) is 4.98 Å². The zero-order chi connectivity index (χ0) is 10.7. The van der Waals surface area contributed by atoms with Crippen LogP contribution in [0.15, 0.2) is 17.1 Å². The first kappa shape index (κ1) is 9.59. The fraction of sp³-hybridized carbons (Fsp3) is 0.143. The Morgan fingerprint density at radius 1 is 1.60 bits per heavy atom. The van der Waals surface area contributed by atoms with Crippen LogP contribution in [0.4, 0.5) is 5.13 Å². The Labute approximate surface area is 87.8 Å². The topological polar surface area (TPSA) is 101 Å². The van der Waals surface area contributed by atoms with Crippen molar-refractivity contribution in [1.82, 2.24) is 15.1 Å². The zero-order valence-corrected chi connectivity index (χ0v) is 8.19. The Bertz CT molecular complexity index is 453. The minimum atomic E-state index is -0.986. The Balaban J connectivity index is 1.96. The summed E-state index contributed by atoms with van der Waals surface area (Å²) < 4.78 is 4.53. The molecule has 2 aromatic rings. The molecule has 0 spiro atoms. The third-order valence-electron chi connectivity index (χ3n) is 1.52. The standard InChI is InChI=1S/C7H6N4O3S/c12-6(13)4-1-8-7(15-4)9-2-5-10-3-14-11-5/h1,3H,2H2,(H,8,9)(H,12,13). The molecule has 8 heteroatoms. The van der Waals surface area contributed by atoms with Crippen LogP contribution >= 0.6 is 11.3 Å². The number of hydrogen-bond acceptors (Lipinski definition) is 7. The number of carbonyl (C=O) groups is 1. The molecule has 2 rings (SSSR count). The van der Waals surface area contributed by atoms with Crippen molar-refractivity contribution in [2.45, 2.75) is 6.54 Å². The Morgan fingerprint density at radius 3 is 3.07 bits per heavy atom. The van der Waals surface area contributed by atoms with Crippen LogP contribution in [0, 0.1) is 0 Å². The molecule has 0 radical (unpaired) electrons. The molecule has 0 aliphatic carbocycles. The lowest BCUT2D eigenvalue weighted by molar-refractivity contribution is 0.0702. The number of nitrogens with one attached hydrogen (secondary N) is 1. The summed E-state index contributed by atoms with van der Waals surface area (Å²) in [6, 6.07) is 0. The van der Waals surface area contributed by atoms with Crippen LogP contribution in [0.3, 0.4) is 0 Å². The van der Waals surface area contributed by atoms with Gasteiger partial charge in [0.2, 0.25) is 6.39 Å². The molecular weight excluding hydrogens is 220 g/mol. The molecule has 0 atom stereocenters. The molecule has 0 aromatic carbocycles. The number of hydrogen-bond donors (Lipinski definition) is 2. The lowest BCUT2D eigenvalue weighted by atomic mass is 10.6. The van der Waals surface area contributed by atoms with Crippen LogP contribution in [-0.2, 0) is 6.54 Å². The predicted molar refractivity (Wildman–Crippen MR) is 50.7 cm³/mol. The Hall–Kier alpha value is -1.96. The van der Waals surface area contributed by atoms with Gasteiger partial charge in [0, 0.05) is 0 Å². The summed E-state index contributed by atoms with van der Waals surface area (Å²) in [5.41, 5.74) is 0. The Kier molecular flexibility index (Phi) is 2.59. The summed E-state index contributed by atoms with van der Waals surface area (Å²) in [5.74, 6) is -0.498. The van der Waals surface area contributed by atoms with Gasteiger partial charge in [-0.25, -0.2) is 9.78 Å². The van der Waals surface area contributed by atoms with Gasteiger partial charge in [0.25, 0.3) is 0 Å². The van der Waals surface area contributed by atoms with Gasteiger partial charge in [0.05, 0.1) is 12.7 Å². The van der Waals surface area contributed by atoms with Gasteiger partial charge in [0.1, 0.15) is 4.88 Å². The van der Waals surface area contributed by atoms with Gasteiger partial charge in [-0.3, -0.25) is 0 Å². The van der Waals surface area contributed by atoms with Crippen molar-refractivity contribution in [2.75, 3.05) is 5.32 Å². The van der Waals surface area contributed by atoms with Crippen LogP contribution in [-0.4, -0.2) is 26.2 Å². The average Bonchev–Trinajstić information content (AvgIpc) is 2.86. The summed E-state index contributed by atoms with van der Waals surface area (Å²) in [5, 5.41) is 15.6. The number of carboxylic acids is 1. The first-order chi connectivity index (χ1) is 7.25. The van der Waals surface area contributed by atoms with Crippen LogP contribution < -0.4 is 5.32 Å². The highest BCUT2D eigenvalue weighted by atomic mass is 32.1. The smallest absolute Gasteiger partial charge is 0.347 e. The van der Waals surface area contributed by atoms with Gasteiger partial charge in [0.15, 0.2) is 11.0 Å². The van der Waals surface area contributed by atoms with E-state index in [1.807, 2.05) is 0 Å². The SMILES string of the molecule is O=C(O)c1cnc(NCc2ncon2)s1. The fourth-order valence-corrected chi connectivity index (χ4v) is 1.53. The van der Waals surface area contributed by atoms with E-state index in [-0.39, 0.29) is 4.88 Å². The van der Waals surface area contributed by atoms with Crippen LogP contribution in [0.5, 0.6) is 0 Å². The molecule has 2 heterocycles. The minimum Gasteiger partial charge on any atom is -0.477 e. The second-order valence-electron chi connectivity index (χ2n) is 2.54. The molecule has 0 saturated carbocycles. The summed E-state index contributed by atoms with van der Waals surface area (Å²) in [7, 11) is 0. The monoisotopic (exact) mass is 226 g/mol. The van der Waals surface area contributed by atoms with E-state index >= 15 is 0 Å². The first-order valence-electron chi connectivity index (χ1n) is 3.94. The maximum absolute atomic E-state index is 10.6. The lowest BCUT2D eigenvalue weighted by Gasteiger charge is -1.95. The summed E-state index contributed by atoms with van der Waals surface area (Å²) >= 11 is 1.05. The van der Waals surface area contributed by atoms with Gasteiger partial charge >= 0.3 is 5.97 Å². The second-order valence-corrected chi connectivity index (χ2v) is 3.57. The van der Waals surface area contributed by atoms with E-state index in [1.54, 1.807) is 0 Å². The Morgan fingerprint density at radius 2 is 2.47 bits per heavy atom. The van der Waals surface area contributed by atoms with Crippen LogP contribution in [0.1, 0.15) is 15.5 Å². The molecule has 0 aliphatic heterocycles. The summed E-state index contributed by atoms with van der Waals surface area (Å²) in [6.07, 6.45) is 2.52. The molecule has 0 bridgehead atoms. The van der Waals surface area contributed by atoms with Crippen molar-refractivity contribution in [1.29, 1.82) is 0 Å². The van der Waals surface area contributed by atoms with Crippen LogP contribution in [0.2, 0.25) is 0 Å². The zero-order valence-electron chi connectivity index (χ0n) is 7.38. The highest BCUT2D eigenvalue weighted by molar-refractivity contribution is 7.17. The fourth-order valence-electron chi connectivity index (χ4n) is 0.880. The number of rotatable bonds is 4. The molecule has 0 aliphatic rings. The van der Waals surface area contributed by atoms with Crippen molar-refractivity contribution in [3.05, 3.63) is 23.3 Å². The van der Waals surface area contributed by atoms with E-state index in [0.29, 0.717) is 17.5 Å². The minimum absolute atomic E-state index is 0.186. The summed E-state index contributed by atoms with van der Waals surface area (Å²) in [4.78, 5) is 18.4. The molecule has 2 N–H and O–H groups in total. The highest BCUT2D eigenvalue weighted by Crippen LogP contribution is 2.17. The van der Waals surface area contributed by atoms with Gasteiger partial charge in [-0.1, -0.05) is 16.5 Å². The van der Waals surface area contributed by atoms with Crippen molar-refractivity contribution in [3.8, 4) is 0 Å². The van der Waals surface area contributed by atoms with E-state index < -0.39 is 5.97 Å². The number of anilines is 1. The molecule has 7 nitrogen and oxygen atoms in total. The van der Waals surface area contributed by atoms with E-state index in [9.17, 15) is 4.79 Å². The van der Waals surface area contributed by atoms with E-state index in [1.165, 1.54) is 12.6 Å². The van der Waals surface area contributed by atoms with Crippen molar-refractivity contribution < 1.29 is 14.4 Å². The average molecular weight is 226 g/mol. The molecule has 0 saturated heterocycles. The lowest BCUT2D eigenvalue weighted by Crippen LogP contribution is -2.00. The third kappa shape index (κ3) is 2.29. The number of nitrogens with zero attached hydrogens (tertiary/aromatic N) is 3. The highest BCUT2D eigenvalue weighted by Gasteiger charge is 2.08. The van der Waals surface area contributed by atoms with E-state index in [4.69, 9.17) is 5.11 Å². The number of thiazole rings is 1. The van der Waals surface area contributed by atoms with Crippen molar-refractivity contribution in [3.63, 3.8) is 0 Å². The number of aromatic nitrogens is 3. The summed E-state index contributed by atoms with van der Waals surface area (Å²) in [6.45, 7) is 0.350.